The molecule has 1 heterocycles. The molecule has 0 bridgehead atoms. The standard InChI is InChI=1S/C12H16F2N4O/c13-12(14)5-3-8(4-6-12)17-11-9(10(15)18-19)2-1-7-16-11/h1-2,7-8,19H,3-6H2,(H2,15,18)(H,16,17). The van der Waals surface area contributed by atoms with Gasteiger partial charge in [-0.15, -0.1) is 0 Å². The first kappa shape index (κ1) is 13.5. The van der Waals surface area contributed by atoms with Gasteiger partial charge in [0, 0.05) is 25.1 Å². The molecule has 1 aliphatic carbocycles. The number of halogens is 2. The Labute approximate surface area is 109 Å². The molecule has 1 aromatic heterocycles. The molecule has 1 aliphatic rings. The number of amidine groups is 1. The van der Waals surface area contributed by atoms with Crippen molar-refractivity contribution in [3.05, 3.63) is 23.9 Å². The van der Waals surface area contributed by atoms with Crippen molar-refractivity contribution in [2.45, 2.75) is 37.6 Å². The van der Waals surface area contributed by atoms with Crippen LogP contribution in [0.1, 0.15) is 31.2 Å². The van der Waals surface area contributed by atoms with Crippen LogP contribution in [-0.4, -0.2) is 28.0 Å². The molecule has 0 aromatic carbocycles. The van der Waals surface area contributed by atoms with E-state index in [4.69, 9.17) is 10.9 Å². The second kappa shape index (κ2) is 5.38. The number of pyridine rings is 1. The number of hydrogen-bond donors (Lipinski definition) is 3. The summed E-state index contributed by atoms with van der Waals surface area (Å²) in [5.41, 5.74) is 6.00. The Balaban J connectivity index is 2.08. The maximum Gasteiger partial charge on any atom is 0.248 e. The monoisotopic (exact) mass is 270 g/mol. The zero-order valence-electron chi connectivity index (χ0n) is 10.3. The minimum atomic E-state index is -2.56. The number of nitrogens with two attached hydrogens (primary N) is 1. The van der Waals surface area contributed by atoms with Crippen LogP contribution in [0.4, 0.5) is 14.6 Å². The summed E-state index contributed by atoms with van der Waals surface area (Å²) in [6.45, 7) is 0. The van der Waals surface area contributed by atoms with Crippen LogP contribution in [0.2, 0.25) is 0 Å². The minimum absolute atomic E-state index is 0.0586. The molecule has 1 fully saturated rings. The van der Waals surface area contributed by atoms with E-state index in [0.29, 0.717) is 24.2 Å². The maximum absolute atomic E-state index is 13.1. The third-order valence-corrected chi connectivity index (χ3v) is 3.25. The highest BCUT2D eigenvalue weighted by molar-refractivity contribution is 6.01. The molecule has 0 aliphatic heterocycles. The maximum atomic E-state index is 13.1. The number of alkyl halides is 2. The SMILES string of the molecule is N/C(=N\O)c1cccnc1NC1CCC(F)(F)CC1. The van der Waals surface area contributed by atoms with Gasteiger partial charge in [-0.3, -0.25) is 0 Å². The Hall–Kier alpha value is -1.92. The molecule has 0 saturated heterocycles. The highest BCUT2D eigenvalue weighted by Gasteiger charge is 2.35. The van der Waals surface area contributed by atoms with E-state index in [0.717, 1.165) is 0 Å². The molecule has 0 spiro atoms. The van der Waals surface area contributed by atoms with E-state index >= 15 is 0 Å². The van der Waals surface area contributed by atoms with Crippen molar-refractivity contribution >= 4 is 11.7 Å². The Morgan fingerprint density at radius 2 is 2.16 bits per heavy atom. The number of nitrogens with one attached hydrogen (secondary N) is 1. The van der Waals surface area contributed by atoms with E-state index in [2.05, 4.69) is 15.5 Å². The molecule has 0 radical (unpaired) electrons. The van der Waals surface area contributed by atoms with Gasteiger partial charge in [0.15, 0.2) is 5.84 Å². The Bertz CT molecular complexity index is 469. The van der Waals surface area contributed by atoms with Crippen LogP contribution in [0.3, 0.4) is 0 Å². The van der Waals surface area contributed by atoms with Gasteiger partial charge in [0.2, 0.25) is 5.92 Å². The van der Waals surface area contributed by atoms with Gasteiger partial charge < -0.3 is 16.3 Å². The molecule has 4 N–H and O–H groups in total. The van der Waals surface area contributed by atoms with Gasteiger partial charge in [0.05, 0.1) is 5.56 Å². The van der Waals surface area contributed by atoms with Crippen molar-refractivity contribution < 1.29 is 14.0 Å². The van der Waals surface area contributed by atoms with Crippen molar-refractivity contribution in [1.82, 2.24) is 4.98 Å². The number of anilines is 1. The molecule has 0 atom stereocenters. The highest BCUT2D eigenvalue weighted by atomic mass is 19.3. The fourth-order valence-electron chi connectivity index (χ4n) is 2.16. The van der Waals surface area contributed by atoms with Crippen LogP contribution in [0.5, 0.6) is 0 Å². The number of rotatable bonds is 3. The first-order valence-corrected chi connectivity index (χ1v) is 6.09. The Morgan fingerprint density at radius 3 is 2.79 bits per heavy atom. The van der Waals surface area contributed by atoms with Gasteiger partial charge in [0.1, 0.15) is 5.82 Å². The van der Waals surface area contributed by atoms with Gasteiger partial charge >= 0.3 is 0 Å². The van der Waals surface area contributed by atoms with Crippen LogP contribution in [0.25, 0.3) is 0 Å². The van der Waals surface area contributed by atoms with Gasteiger partial charge in [-0.1, -0.05) is 5.16 Å². The summed E-state index contributed by atoms with van der Waals surface area (Å²) >= 11 is 0. The average Bonchev–Trinajstić information content (AvgIpc) is 2.41. The number of hydrogen-bond acceptors (Lipinski definition) is 4. The molecular formula is C12H16F2N4O. The highest BCUT2D eigenvalue weighted by Crippen LogP contribution is 2.34. The van der Waals surface area contributed by atoms with Gasteiger partial charge in [-0.2, -0.15) is 0 Å². The second-order valence-electron chi connectivity index (χ2n) is 4.66. The number of aromatic nitrogens is 1. The van der Waals surface area contributed by atoms with Crippen molar-refractivity contribution in [2.24, 2.45) is 10.9 Å². The van der Waals surface area contributed by atoms with Gasteiger partial charge in [-0.05, 0) is 25.0 Å². The third kappa shape index (κ3) is 3.30. The van der Waals surface area contributed by atoms with E-state index in [-0.39, 0.29) is 24.7 Å². The summed E-state index contributed by atoms with van der Waals surface area (Å²) in [6.07, 6.45) is 2.05. The fourth-order valence-corrected chi connectivity index (χ4v) is 2.16. The van der Waals surface area contributed by atoms with E-state index in [1.165, 1.54) is 0 Å². The normalized spacial score (nSPS) is 20.2. The number of oxime groups is 1. The summed E-state index contributed by atoms with van der Waals surface area (Å²) in [6, 6.07) is 3.25. The van der Waals surface area contributed by atoms with E-state index in [9.17, 15) is 8.78 Å². The topological polar surface area (TPSA) is 83.5 Å². The molecule has 5 nitrogen and oxygen atoms in total. The summed E-state index contributed by atoms with van der Waals surface area (Å²) in [4.78, 5) is 4.11. The summed E-state index contributed by atoms with van der Waals surface area (Å²) < 4.78 is 26.1. The predicted octanol–water partition coefficient (Wildman–Crippen LogP) is 2.17. The molecule has 7 heteroatoms. The number of nitrogens with zero attached hydrogens (tertiary/aromatic N) is 2. The molecule has 2 rings (SSSR count). The molecule has 0 unspecified atom stereocenters. The van der Waals surface area contributed by atoms with Crippen molar-refractivity contribution in [3.8, 4) is 0 Å². The molecular weight excluding hydrogens is 254 g/mol. The molecule has 0 amide bonds. The van der Waals surface area contributed by atoms with E-state index in [1.54, 1.807) is 18.3 Å². The zero-order valence-corrected chi connectivity index (χ0v) is 10.3. The zero-order chi connectivity index (χ0) is 13.9. The molecule has 1 aromatic rings. The lowest BCUT2D eigenvalue weighted by Gasteiger charge is -2.29. The minimum Gasteiger partial charge on any atom is -0.409 e. The van der Waals surface area contributed by atoms with Crippen molar-refractivity contribution in [2.75, 3.05) is 5.32 Å². The first-order chi connectivity index (χ1) is 9.02. The molecule has 19 heavy (non-hydrogen) atoms. The average molecular weight is 270 g/mol. The van der Waals surface area contributed by atoms with Crippen LogP contribution in [0, 0.1) is 0 Å². The Kier molecular flexibility index (Phi) is 3.82. The largest absolute Gasteiger partial charge is 0.409 e. The Morgan fingerprint density at radius 1 is 1.47 bits per heavy atom. The smallest absolute Gasteiger partial charge is 0.248 e. The summed E-state index contributed by atoms with van der Waals surface area (Å²) in [7, 11) is 0. The van der Waals surface area contributed by atoms with Crippen LogP contribution in [0.15, 0.2) is 23.5 Å². The fraction of sp³-hybridized carbons (Fsp3) is 0.500. The third-order valence-electron chi connectivity index (χ3n) is 3.25. The van der Waals surface area contributed by atoms with Crippen LogP contribution in [-0.2, 0) is 0 Å². The van der Waals surface area contributed by atoms with Gasteiger partial charge in [-0.25, -0.2) is 13.8 Å². The lowest BCUT2D eigenvalue weighted by molar-refractivity contribution is -0.0361. The lowest BCUT2D eigenvalue weighted by atomic mass is 9.92. The lowest BCUT2D eigenvalue weighted by Crippen LogP contribution is -2.33. The molecule has 104 valence electrons. The molecule has 1 saturated carbocycles. The van der Waals surface area contributed by atoms with E-state index < -0.39 is 5.92 Å². The van der Waals surface area contributed by atoms with Crippen LogP contribution < -0.4 is 11.1 Å². The quantitative estimate of drug-likeness (QED) is 0.340. The summed E-state index contributed by atoms with van der Waals surface area (Å²) in [5, 5.41) is 14.7. The first-order valence-electron chi connectivity index (χ1n) is 6.09. The predicted molar refractivity (Wildman–Crippen MR) is 67.6 cm³/mol. The van der Waals surface area contributed by atoms with E-state index in [1.807, 2.05) is 0 Å². The van der Waals surface area contributed by atoms with Gasteiger partial charge in [0.25, 0.3) is 0 Å². The van der Waals surface area contributed by atoms with Crippen LogP contribution >= 0.6 is 0 Å². The second-order valence-corrected chi connectivity index (χ2v) is 4.66. The van der Waals surface area contributed by atoms with Crippen molar-refractivity contribution in [3.63, 3.8) is 0 Å². The summed E-state index contributed by atoms with van der Waals surface area (Å²) in [5.74, 6) is -2.17. The van der Waals surface area contributed by atoms with Crippen molar-refractivity contribution in [1.29, 1.82) is 0 Å².